The summed E-state index contributed by atoms with van der Waals surface area (Å²) in [4.78, 5) is 30.3. The van der Waals surface area contributed by atoms with Gasteiger partial charge in [-0.3, -0.25) is 9.59 Å². The number of carbonyl (C=O) groups is 2. The molecule has 1 unspecified atom stereocenters. The van der Waals surface area contributed by atoms with Crippen LogP contribution in [-0.4, -0.2) is 40.6 Å². The van der Waals surface area contributed by atoms with Gasteiger partial charge in [-0.05, 0) is 38.5 Å². The first-order valence-corrected chi connectivity index (χ1v) is 10.0. The van der Waals surface area contributed by atoms with E-state index in [1.165, 1.54) is 0 Å². The van der Waals surface area contributed by atoms with E-state index in [4.69, 9.17) is 9.15 Å². The number of ether oxygens (including phenoxy) is 1. The molecule has 0 radical (unpaired) electrons. The van der Waals surface area contributed by atoms with E-state index in [0.717, 1.165) is 9.88 Å². The van der Waals surface area contributed by atoms with Crippen LogP contribution in [0.3, 0.4) is 0 Å². The van der Waals surface area contributed by atoms with Crippen molar-refractivity contribution >= 4 is 34.1 Å². The molecule has 0 bridgehead atoms. The number of amides is 2. The number of benzene rings is 1. The van der Waals surface area contributed by atoms with Crippen LogP contribution in [0, 0.1) is 13.8 Å². The van der Waals surface area contributed by atoms with Crippen LogP contribution in [0.25, 0.3) is 11.0 Å². The fraction of sp³-hybridized carbons (Fsp3) is 0.350. The van der Waals surface area contributed by atoms with Crippen LogP contribution in [0.1, 0.15) is 32.4 Å². The van der Waals surface area contributed by atoms with Crippen LogP contribution in [0.2, 0.25) is 0 Å². The zero-order chi connectivity index (χ0) is 20.6. The Hall–Kier alpha value is -2.91. The van der Waals surface area contributed by atoms with E-state index in [1.54, 1.807) is 42.7 Å². The third-order valence-electron chi connectivity index (χ3n) is 5.01. The molecular formula is C20H21N3O5S. The van der Waals surface area contributed by atoms with Crippen molar-refractivity contribution in [2.75, 3.05) is 13.2 Å². The number of aliphatic hydroxyl groups is 1. The number of aromatic nitrogens is 1. The zero-order valence-corrected chi connectivity index (χ0v) is 16.9. The Labute approximate surface area is 170 Å². The molecule has 1 atom stereocenters. The first-order chi connectivity index (χ1) is 13.9. The Balaban J connectivity index is 1.60. The summed E-state index contributed by atoms with van der Waals surface area (Å²) in [5, 5.41) is 16.6. The van der Waals surface area contributed by atoms with Gasteiger partial charge in [0, 0.05) is 18.1 Å². The van der Waals surface area contributed by atoms with Gasteiger partial charge < -0.3 is 24.9 Å². The Morgan fingerprint density at radius 2 is 2.28 bits per heavy atom. The molecule has 1 aromatic carbocycles. The monoisotopic (exact) mass is 415 g/mol. The van der Waals surface area contributed by atoms with Crippen molar-refractivity contribution in [2.24, 2.45) is 0 Å². The van der Waals surface area contributed by atoms with Gasteiger partial charge in [0.2, 0.25) is 5.91 Å². The van der Waals surface area contributed by atoms with Gasteiger partial charge in [-0.25, -0.2) is 4.98 Å². The van der Waals surface area contributed by atoms with Gasteiger partial charge >= 0.3 is 0 Å². The number of hydrogen-bond donors (Lipinski definition) is 3. The maximum atomic E-state index is 13.0. The second-order valence-corrected chi connectivity index (χ2v) is 8.35. The lowest BCUT2D eigenvalue weighted by molar-refractivity contribution is -0.125. The highest BCUT2D eigenvalue weighted by molar-refractivity contribution is 7.11. The molecule has 29 heavy (non-hydrogen) atoms. The summed E-state index contributed by atoms with van der Waals surface area (Å²) in [7, 11) is 0. The Morgan fingerprint density at radius 1 is 1.45 bits per heavy atom. The van der Waals surface area contributed by atoms with Gasteiger partial charge in [-0.1, -0.05) is 0 Å². The SMILES string of the molecule is Cc1ncc(COc2ccc3oc(C)c(C(=O)NC4(CO)CCNC4=O)c3c2)s1. The van der Waals surface area contributed by atoms with E-state index >= 15 is 0 Å². The summed E-state index contributed by atoms with van der Waals surface area (Å²) < 4.78 is 11.6. The number of aliphatic hydroxyl groups excluding tert-OH is 1. The van der Waals surface area contributed by atoms with E-state index in [2.05, 4.69) is 15.6 Å². The average molecular weight is 415 g/mol. The molecule has 2 amide bonds. The third-order valence-corrected chi connectivity index (χ3v) is 5.89. The van der Waals surface area contributed by atoms with Crippen molar-refractivity contribution in [1.29, 1.82) is 0 Å². The molecule has 0 spiro atoms. The van der Waals surface area contributed by atoms with Gasteiger partial charge in [0.15, 0.2) is 0 Å². The number of nitrogens with zero attached hydrogens (tertiary/aromatic N) is 1. The highest BCUT2D eigenvalue weighted by atomic mass is 32.1. The second kappa shape index (κ2) is 7.49. The van der Waals surface area contributed by atoms with E-state index < -0.39 is 18.1 Å². The Morgan fingerprint density at radius 3 is 2.93 bits per heavy atom. The van der Waals surface area contributed by atoms with Crippen LogP contribution in [-0.2, 0) is 11.4 Å². The topological polar surface area (TPSA) is 114 Å². The normalized spacial score (nSPS) is 18.8. The summed E-state index contributed by atoms with van der Waals surface area (Å²) in [5.74, 6) is 0.165. The summed E-state index contributed by atoms with van der Waals surface area (Å²) in [6, 6.07) is 5.27. The molecule has 1 saturated heterocycles. The number of furan rings is 1. The van der Waals surface area contributed by atoms with Gasteiger partial charge in [-0.15, -0.1) is 11.3 Å². The number of nitrogens with one attached hydrogen (secondary N) is 2. The molecule has 1 aliphatic rings. The lowest BCUT2D eigenvalue weighted by Crippen LogP contribution is -2.56. The lowest BCUT2D eigenvalue weighted by atomic mass is 9.97. The first kappa shape index (κ1) is 19.4. The third kappa shape index (κ3) is 3.58. The minimum Gasteiger partial charge on any atom is -0.488 e. The molecule has 1 fully saturated rings. The van der Waals surface area contributed by atoms with Gasteiger partial charge in [0.05, 0.1) is 22.1 Å². The molecule has 0 aliphatic carbocycles. The van der Waals surface area contributed by atoms with Crippen molar-refractivity contribution in [3.8, 4) is 5.75 Å². The number of aryl methyl sites for hydroxylation is 2. The number of rotatable bonds is 6. The van der Waals surface area contributed by atoms with Crippen LogP contribution in [0.5, 0.6) is 5.75 Å². The smallest absolute Gasteiger partial charge is 0.256 e. The lowest BCUT2D eigenvalue weighted by Gasteiger charge is -2.24. The number of carbonyl (C=O) groups excluding carboxylic acids is 2. The van der Waals surface area contributed by atoms with Crippen molar-refractivity contribution < 1.29 is 23.8 Å². The van der Waals surface area contributed by atoms with Crippen LogP contribution >= 0.6 is 11.3 Å². The molecule has 1 aliphatic heterocycles. The highest BCUT2D eigenvalue weighted by Gasteiger charge is 2.44. The second-order valence-electron chi connectivity index (χ2n) is 7.03. The quantitative estimate of drug-likeness (QED) is 0.568. The summed E-state index contributed by atoms with van der Waals surface area (Å²) in [6.07, 6.45) is 2.10. The largest absolute Gasteiger partial charge is 0.488 e. The average Bonchev–Trinajstić information content (AvgIpc) is 3.36. The maximum absolute atomic E-state index is 13.0. The fourth-order valence-corrected chi connectivity index (χ4v) is 4.17. The van der Waals surface area contributed by atoms with E-state index in [1.807, 2.05) is 6.92 Å². The molecule has 3 heterocycles. The van der Waals surface area contributed by atoms with Crippen LogP contribution in [0.15, 0.2) is 28.8 Å². The molecular weight excluding hydrogens is 394 g/mol. The molecule has 8 nitrogen and oxygen atoms in total. The van der Waals surface area contributed by atoms with E-state index in [9.17, 15) is 14.7 Å². The van der Waals surface area contributed by atoms with Crippen molar-refractivity contribution in [3.63, 3.8) is 0 Å². The number of fused-ring (bicyclic) bond motifs is 1. The molecule has 3 aromatic rings. The standard InChI is InChI=1S/C20H21N3O5S/c1-11-17(18(25)23-20(10-24)5-6-21-19(20)26)15-7-13(3-4-16(15)28-11)27-9-14-8-22-12(2)29-14/h3-4,7-8,24H,5-6,9-10H2,1-2H3,(H,21,26)(H,23,25). The molecule has 4 rings (SSSR count). The Kier molecular flexibility index (Phi) is 5.01. The molecule has 152 valence electrons. The predicted octanol–water partition coefficient (Wildman–Crippen LogP) is 2.07. The van der Waals surface area contributed by atoms with Crippen molar-refractivity contribution in [2.45, 2.75) is 32.4 Å². The van der Waals surface area contributed by atoms with Crippen LogP contribution in [0.4, 0.5) is 0 Å². The summed E-state index contributed by atoms with van der Waals surface area (Å²) >= 11 is 1.56. The molecule has 0 saturated carbocycles. The highest BCUT2D eigenvalue weighted by Crippen LogP contribution is 2.30. The Bertz CT molecular complexity index is 1090. The number of thiazole rings is 1. The van der Waals surface area contributed by atoms with Gasteiger partial charge in [-0.2, -0.15) is 0 Å². The van der Waals surface area contributed by atoms with Crippen molar-refractivity contribution in [1.82, 2.24) is 15.6 Å². The van der Waals surface area contributed by atoms with E-state index in [-0.39, 0.29) is 5.91 Å². The first-order valence-electron chi connectivity index (χ1n) is 9.21. The van der Waals surface area contributed by atoms with E-state index in [0.29, 0.717) is 47.6 Å². The zero-order valence-electron chi connectivity index (χ0n) is 16.1. The maximum Gasteiger partial charge on any atom is 0.256 e. The molecule has 3 N–H and O–H groups in total. The number of hydrogen-bond acceptors (Lipinski definition) is 7. The van der Waals surface area contributed by atoms with Gasteiger partial charge in [0.25, 0.3) is 5.91 Å². The minimum atomic E-state index is -1.31. The summed E-state index contributed by atoms with van der Waals surface area (Å²) in [6.45, 7) is 3.93. The fourth-order valence-electron chi connectivity index (χ4n) is 3.46. The summed E-state index contributed by atoms with van der Waals surface area (Å²) in [5.41, 5.74) is -0.445. The molecule has 9 heteroatoms. The predicted molar refractivity (Wildman–Crippen MR) is 107 cm³/mol. The minimum absolute atomic E-state index is 0.325. The van der Waals surface area contributed by atoms with Crippen molar-refractivity contribution in [3.05, 3.63) is 45.6 Å². The van der Waals surface area contributed by atoms with Gasteiger partial charge in [0.1, 0.15) is 29.2 Å². The van der Waals surface area contributed by atoms with Crippen LogP contribution < -0.4 is 15.4 Å². The molecule has 2 aromatic heterocycles.